The third-order valence-corrected chi connectivity index (χ3v) is 5.80. The number of hydrogen-bond acceptors (Lipinski definition) is 4. The van der Waals surface area contributed by atoms with Crippen molar-refractivity contribution in [2.24, 2.45) is 11.1 Å². The first-order chi connectivity index (χ1) is 9.81. The van der Waals surface area contributed by atoms with E-state index in [9.17, 15) is 8.42 Å². The number of rotatable bonds is 6. The Balaban J connectivity index is 2.08. The highest BCUT2D eigenvalue weighted by Crippen LogP contribution is 2.43. The van der Waals surface area contributed by atoms with E-state index in [1.54, 1.807) is 24.3 Å². The van der Waals surface area contributed by atoms with E-state index in [2.05, 4.69) is 4.72 Å². The fraction of sp³-hybridized carbons (Fsp3) is 0.600. The van der Waals surface area contributed by atoms with Crippen LogP contribution in [0.4, 0.5) is 0 Å². The molecule has 2 unspecified atom stereocenters. The average molecular weight is 312 g/mol. The lowest BCUT2D eigenvalue weighted by molar-refractivity contribution is -0.108. The van der Waals surface area contributed by atoms with E-state index in [0.29, 0.717) is 19.6 Å². The second kappa shape index (κ2) is 6.04. The molecule has 0 bridgehead atoms. The summed E-state index contributed by atoms with van der Waals surface area (Å²) in [5.74, 6) is 0. The summed E-state index contributed by atoms with van der Waals surface area (Å²) in [6, 6.07) is 6.56. The molecule has 1 aliphatic carbocycles. The molecule has 0 saturated heterocycles. The highest BCUT2D eigenvalue weighted by molar-refractivity contribution is 7.89. The number of ether oxygens (including phenoxy) is 1. The zero-order chi connectivity index (χ0) is 15.7. The summed E-state index contributed by atoms with van der Waals surface area (Å²) >= 11 is 0. The third kappa shape index (κ3) is 3.29. The van der Waals surface area contributed by atoms with Gasteiger partial charge in [0.1, 0.15) is 0 Å². The van der Waals surface area contributed by atoms with Gasteiger partial charge in [0.05, 0.1) is 11.0 Å². The van der Waals surface area contributed by atoms with Crippen molar-refractivity contribution in [3.8, 4) is 0 Å². The van der Waals surface area contributed by atoms with Crippen LogP contribution >= 0.6 is 0 Å². The van der Waals surface area contributed by atoms with E-state index in [4.69, 9.17) is 10.5 Å². The minimum Gasteiger partial charge on any atom is -0.378 e. The number of nitrogens with two attached hydrogens (primary N) is 1. The van der Waals surface area contributed by atoms with Crippen LogP contribution in [0, 0.1) is 5.41 Å². The molecule has 1 aromatic carbocycles. The van der Waals surface area contributed by atoms with Gasteiger partial charge in [0, 0.05) is 24.6 Å². The Hall–Kier alpha value is -0.950. The standard InChI is InChI=1S/C15H24N2O3S/c1-4-20-14-9-13(15(14,2)3)17-21(18,19)12-7-5-11(10-16)6-8-12/h5-8,13-14,17H,4,9-10,16H2,1-3H3. The van der Waals surface area contributed by atoms with Crippen LogP contribution in [-0.2, 0) is 21.3 Å². The van der Waals surface area contributed by atoms with Gasteiger partial charge >= 0.3 is 0 Å². The Morgan fingerprint density at radius 2 is 1.95 bits per heavy atom. The smallest absolute Gasteiger partial charge is 0.240 e. The summed E-state index contributed by atoms with van der Waals surface area (Å²) in [6.45, 7) is 7.06. The molecule has 6 heteroatoms. The van der Waals surface area contributed by atoms with Crippen LogP contribution in [-0.4, -0.2) is 27.2 Å². The summed E-state index contributed by atoms with van der Waals surface area (Å²) in [5.41, 5.74) is 6.24. The number of nitrogens with one attached hydrogen (secondary N) is 1. The molecule has 5 nitrogen and oxygen atoms in total. The maximum Gasteiger partial charge on any atom is 0.240 e. The van der Waals surface area contributed by atoms with Crippen molar-refractivity contribution in [2.75, 3.05) is 6.61 Å². The summed E-state index contributed by atoms with van der Waals surface area (Å²) < 4.78 is 33.2. The highest BCUT2D eigenvalue weighted by Gasteiger charge is 2.50. The van der Waals surface area contributed by atoms with Crippen molar-refractivity contribution in [1.82, 2.24) is 4.72 Å². The molecular weight excluding hydrogens is 288 g/mol. The minimum atomic E-state index is -3.50. The number of sulfonamides is 1. The second-order valence-electron chi connectivity index (χ2n) is 6.02. The van der Waals surface area contributed by atoms with Gasteiger partial charge in [0.15, 0.2) is 0 Å². The first-order valence-electron chi connectivity index (χ1n) is 7.24. The summed E-state index contributed by atoms with van der Waals surface area (Å²) in [7, 11) is -3.50. The molecule has 0 aliphatic heterocycles. The molecule has 1 aromatic rings. The van der Waals surface area contributed by atoms with Gasteiger partial charge in [0.25, 0.3) is 0 Å². The quantitative estimate of drug-likeness (QED) is 0.836. The Kier molecular flexibility index (Phi) is 4.72. The van der Waals surface area contributed by atoms with Crippen molar-refractivity contribution in [1.29, 1.82) is 0 Å². The van der Waals surface area contributed by atoms with Gasteiger partial charge in [-0.15, -0.1) is 0 Å². The van der Waals surface area contributed by atoms with E-state index in [1.165, 1.54) is 0 Å². The van der Waals surface area contributed by atoms with Crippen molar-refractivity contribution < 1.29 is 13.2 Å². The van der Waals surface area contributed by atoms with Gasteiger partial charge in [-0.3, -0.25) is 0 Å². The van der Waals surface area contributed by atoms with E-state index in [0.717, 1.165) is 5.56 Å². The Bertz CT molecular complexity index is 581. The lowest BCUT2D eigenvalue weighted by Gasteiger charge is -2.51. The molecule has 0 aromatic heterocycles. The number of hydrogen-bond donors (Lipinski definition) is 2. The summed E-state index contributed by atoms with van der Waals surface area (Å²) in [5, 5.41) is 0. The van der Waals surface area contributed by atoms with E-state index < -0.39 is 10.0 Å². The first kappa shape index (κ1) is 16.4. The topological polar surface area (TPSA) is 81.4 Å². The minimum absolute atomic E-state index is 0.103. The zero-order valence-corrected chi connectivity index (χ0v) is 13.6. The molecule has 0 spiro atoms. The fourth-order valence-corrected chi connectivity index (χ4v) is 4.03. The molecule has 1 fully saturated rings. The van der Waals surface area contributed by atoms with Crippen molar-refractivity contribution >= 4 is 10.0 Å². The maximum atomic E-state index is 12.4. The summed E-state index contributed by atoms with van der Waals surface area (Å²) in [6.07, 6.45) is 0.816. The fourth-order valence-electron chi connectivity index (χ4n) is 2.63. The Labute approximate surface area is 126 Å². The normalized spacial score (nSPS) is 24.6. The van der Waals surface area contributed by atoms with Crippen LogP contribution in [0.2, 0.25) is 0 Å². The Morgan fingerprint density at radius 3 is 2.43 bits per heavy atom. The second-order valence-corrected chi connectivity index (χ2v) is 7.74. The van der Waals surface area contributed by atoms with Crippen LogP contribution < -0.4 is 10.5 Å². The molecule has 2 rings (SSSR count). The van der Waals surface area contributed by atoms with Crippen LogP contribution in [0.15, 0.2) is 29.2 Å². The van der Waals surface area contributed by atoms with Crippen molar-refractivity contribution in [3.05, 3.63) is 29.8 Å². The maximum absolute atomic E-state index is 12.4. The monoisotopic (exact) mass is 312 g/mol. The van der Waals surface area contributed by atoms with Crippen LogP contribution in [0.3, 0.4) is 0 Å². The predicted molar refractivity (Wildman–Crippen MR) is 82.3 cm³/mol. The van der Waals surface area contributed by atoms with Crippen LogP contribution in [0.1, 0.15) is 32.8 Å². The SMILES string of the molecule is CCOC1CC(NS(=O)(=O)c2ccc(CN)cc2)C1(C)C. The lowest BCUT2D eigenvalue weighted by atomic mass is 9.65. The first-order valence-corrected chi connectivity index (χ1v) is 8.72. The molecule has 0 amide bonds. The molecule has 21 heavy (non-hydrogen) atoms. The van der Waals surface area contributed by atoms with Gasteiger partial charge in [-0.2, -0.15) is 0 Å². The molecule has 1 saturated carbocycles. The molecule has 2 atom stereocenters. The number of benzene rings is 1. The molecule has 0 radical (unpaired) electrons. The van der Waals surface area contributed by atoms with Crippen LogP contribution in [0.5, 0.6) is 0 Å². The molecule has 118 valence electrons. The molecule has 1 aliphatic rings. The van der Waals surface area contributed by atoms with E-state index in [1.807, 2.05) is 20.8 Å². The van der Waals surface area contributed by atoms with Gasteiger partial charge in [0.2, 0.25) is 10.0 Å². The predicted octanol–water partition coefficient (Wildman–Crippen LogP) is 1.63. The molecular formula is C15H24N2O3S. The largest absolute Gasteiger partial charge is 0.378 e. The lowest BCUT2D eigenvalue weighted by Crippen LogP contribution is -2.61. The van der Waals surface area contributed by atoms with Gasteiger partial charge in [-0.1, -0.05) is 26.0 Å². The highest BCUT2D eigenvalue weighted by atomic mass is 32.2. The van der Waals surface area contributed by atoms with Crippen molar-refractivity contribution in [3.63, 3.8) is 0 Å². The zero-order valence-electron chi connectivity index (χ0n) is 12.8. The molecule has 3 N–H and O–H groups in total. The Morgan fingerprint density at radius 1 is 1.33 bits per heavy atom. The van der Waals surface area contributed by atoms with E-state index >= 15 is 0 Å². The van der Waals surface area contributed by atoms with E-state index in [-0.39, 0.29) is 22.5 Å². The average Bonchev–Trinajstić information content (AvgIpc) is 2.46. The third-order valence-electron chi connectivity index (χ3n) is 4.31. The summed E-state index contributed by atoms with van der Waals surface area (Å²) in [4.78, 5) is 0.273. The van der Waals surface area contributed by atoms with Crippen molar-refractivity contribution in [2.45, 2.75) is 50.8 Å². The van der Waals surface area contributed by atoms with Crippen LogP contribution in [0.25, 0.3) is 0 Å². The van der Waals surface area contributed by atoms with Gasteiger partial charge in [-0.25, -0.2) is 13.1 Å². The molecule has 0 heterocycles. The van der Waals surface area contributed by atoms with Gasteiger partial charge < -0.3 is 10.5 Å². The van der Waals surface area contributed by atoms with Gasteiger partial charge in [-0.05, 0) is 31.0 Å².